The summed E-state index contributed by atoms with van der Waals surface area (Å²) in [7, 11) is 0. The molecule has 0 N–H and O–H groups in total. The Bertz CT molecular complexity index is 425. The predicted molar refractivity (Wildman–Crippen MR) is 67.4 cm³/mol. The van der Waals surface area contributed by atoms with E-state index in [1.165, 1.54) is 5.56 Å². The van der Waals surface area contributed by atoms with E-state index in [-0.39, 0.29) is 0 Å². The van der Waals surface area contributed by atoms with Gasteiger partial charge in [0.2, 0.25) is 0 Å². The van der Waals surface area contributed by atoms with Gasteiger partial charge < -0.3 is 0 Å². The Hall–Kier alpha value is -1.29. The van der Waals surface area contributed by atoms with Crippen LogP contribution in [0.5, 0.6) is 0 Å². The van der Waals surface area contributed by atoms with Gasteiger partial charge in [-0.3, -0.25) is 0 Å². The molecule has 0 radical (unpaired) electrons. The van der Waals surface area contributed by atoms with E-state index in [9.17, 15) is 0 Å². The third kappa shape index (κ3) is 3.10. The molecule has 1 aromatic heterocycles. The average Bonchev–Trinajstić information content (AvgIpc) is 2.75. The number of hydrogen-bond acceptors (Lipinski definition) is 3. The second kappa shape index (κ2) is 5.70. The van der Waals surface area contributed by atoms with Crippen LogP contribution >= 0.6 is 11.8 Å². The summed E-state index contributed by atoms with van der Waals surface area (Å²) in [5.41, 5.74) is 2.31. The van der Waals surface area contributed by atoms with Crippen molar-refractivity contribution in [3.63, 3.8) is 0 Å². The lowest BCUT2D eigenvalue weighted by Crippen LogP contribution is -1.99. The lowest BCUT2D eigenvalue weighted by molar-refractivity contribution is 0.649. The highest BCUT2D eigenvalue weighted by molar-refractivity contribution is 7.98. The zero-order valence-electron chi connectivity index (χ0n) is 9.34. The zero-order chi connectivity index (χ0) is 11.2. The Morgan fingerprint density at radius 1 is 1.25 bits per heavy atom. The van der Waals surface area contributed by atoms with Gasteiger partial charge in [0.25, 0.3) is 0 Å². The van der Waals surface area contributed by atoms with Gasteiger partial charge in [-0.15, -0.1) is 5.10 Å². The van der Waals surface area contributed by atoms with Crippen molar-refractivity contribution in [2.24, 2.45) is 0 Å². The molecule has 0 saturated heterocycles. The predicted octanol–water partition coefficient (Wildman–Crippen LogP) is 2.58. The Balaban J connectivity index is 1.97. The fourth-order valence-corrected chi connectivity index (χ4v) is 2.00. The first-order chi connectivity index (χ1) is 7.88. The summed E-state index contributed by atoms with van der Waals surface area (Å²) in [5, 5.41) is 8.26. The first kappa shape index (κ1) is 11.2. The lowest BCUT2D eigenvalue weighted by Gasteiger charge is -1.99. The van der Waals surface area contributed by atoms with Crippen LogP contribution in [0.1, 0.15) is 18.2 Å². The van der Waals surface area contributed by atoms with E-state index in [4.69, 9.17) is 0 Å². The van der Waals surface area contributed by atoms with Crippen LogP contribution in [0.4, 0.5) is 0 Å². The highest BCUT2D eigenvalue weighted by Gasteiger charge is 2.00. The topological polar surface area (TPSA) is 30.7 Å². The molecule has 2 rings (SSSR count). The number of hydrogen-bond donors (Lipinski definition) is 0. The summed E-state index contributed by atoms with van der Waals surface area (Å²) in [6.07, 6.45) is 2.02. The van der Waals surface area contributed by atoms with E-state index in [2.05, 4.69) is 29.4 Å². The average molecular weight is 233 g/mol. The number of thioether (sulfide) groups is 1. The maximum atomic E-state index is 4.14. The van der Waals surface area contributed by atoms with Gasteiger partial charge in [-0.2, -0.15) is 11.8 Å². The van der Waals surface area contributed by atoms with Crippen LogP contribution < -0.4 is 0 Å². The summed E-state index contributed by atoms with van der Waals surface area (Å²) >= 11 is 1.87. The Labute approximate surface area is 99.9 Å². The SMILES string of the molecule is CCSCc1cn(Cc2ccccc2)nn1. The van der Waals surface area contributed by atoms with Crippen molar-refractivity contribution in [1.29, 1.82) is 0 Å². The van der Waals surface area contributed by atoms with Crippen LogP contribution in [0.15, 0.2) is 36.5 Å². The molecule has 1 heterocycles. The molecule has 0 unspecified atom stereocenters. The van der Waals surface area contributed by atoms with Crippen molar-refractivity contribution in [3.8, 4) is 0 Å². The Kier molecular flexibility index (Phi) is 3.99. The van der Waals surface area contributed by atoms with Gasteiger partial charge in [-0.05, 0) is 11.3 Å². The van der Waals surface area contributed by atoms with Crippen molar-refractivity contribution in [2.45, 2.75) is 19.2 Å². The van der Waals surface area contributed by atoms with Gasteiger partial charge in [0.1, 0.15) is 0 Å². The van der Waals surface area contributed by atoms with Crippen molar-refractivity contribution in [2.75, 3.05) is 5.75 Å². The van der Waals surface area contributed by atoms with Crippen molar-refractivity contribution in [1.82, 2.24) is 15.0 Å². The van der Waals surface area contributed by atoms with Gasteiger partial charge in [0.05, 0.1) is 12.2 Å². The lowest BCUT2D eigenvalue weighted by atomic mass is 10.2. The molecule has 2 aromatic rings. The van der Waals surface area contributed by atoms with E-state index in [1.807, 2.05) is 40.8 Å². The molecule has 0 amide bonds. The fourth-order valence-electron chi connectivity index (χ4n) is 1.46. The Morgan fingerprint density at radius 3 is 2.81 bits per heavy atom. The van der Waals surface area contributed by atoms with Crippen LogP contribution in [-0.4, -0.2) is 20.7 Å². The minimum Gasteiger partial charge on any atom is -0.248 e. The van der Waals surface area contributed by atoms with Crippen molar-refractivity contribution in [3.05, 3.63) is 47.8 Å². The van der Waals surface area contributed by atoms with Gasteiger partial charge in [0, 0.05) is 11.9 Å². The number of benzene rings is 1. The third-order valence-electron chi connectivity index (χ3n) is 2.23. The van der Waals surface area contributed by atoms with E-state index in [0.29, 0.717) is 0 Å². The van der Waals surface area contributed by atoms with Crippen molar-refractivity contribution >= 4 is 11.8 Å². The molecule has 0 aliphatic rings. The highest BCUT2D eigenvalue weighted by Crippen LogP contribution is 2.09. The fraction of sp³-hybridized carbons (Fsp3) is 0.333. The molecule has 0 bridgehead atoms. The molecule has 0 aliphatic heterocycles. The minimum absolute atomic E-state index is 0.796. The van der Waals surface area contributed by atoms with Crippen LogP contribution in [0.25, 0.3) is 0 Å². The van der Waals surface area contributed by atoms with E-state index in [1.54, 1.807) is 0 Å². The molecule has 1 aromatic carbocycles. The summed E-state index contributed by atoms with van der Waals surface area (Å²) in [4.78, 5) is 0. The highest BCUT2D eigenvalue weighted by atomic mass is 32.2. The van der Waals surface area contributed by atoms with E-state index < -0.39 is 0 Å². The summed E-state index contributed by atoms with van der Waals surface area (Å²) in [6.45, 7) is 2.95. The van der Waals surface area contributed by atoms with Crippen LogP contribution in [0.3, 0.4) is 0 Å². The van der Waals surface area contributed by atoms with Crippen molar-refractivity contribution < 1.29 is 0 Å². The molecule has 0 saturated carbocycles. The number of nitrogens with zero attached hydrogens (tertiary/aromatic N) is 3. The maximum Gasteiger partial charge on any atom is 0.0926 e. The van der Waals surface area contributed by atoms with E-state index >= 15 is 0 Å². The van der Waals surface area contributed by atoms with Gasteiger partial charge in [-0.25, -0.2) is 4.68 Å². The Morgan fingerprint density at radius 2 is 2.06 bits per heavy atom. The van der Waals surface area contributed by atoms with E-state index in [0.717, 1.165) is 23.7 Å². The largest absolute Gasteiger partial charge is 0.248 e. The van der Waals surface area contributed by atoms with Crippen LogP contribution in [-0.2, 0) is 12.3 Å². The number of rotatable bonds is 5. The monoisotopic (exact) mass is 233 g/mol. The normalized spacial score (nSPS) is 10.6. The summed E-state index contributed by atoms with van der Waals surface area (Å²) in [6, 6.07) is 10.3. The molecule has 0 atom stereocenters. The molecule has 4 heteroatoms. The first-order valence-corrected chi connectivity index (χ1v) is 6.54. The molecule has 84 valence electrons. The quantitative estimate of drug-likeness (QED) is 0.795. The first-order valence-electron chi connectivity index (χ1n) is 5.39. The standard InChI is InChI=1S/C12H15N3S/c1-2-16-10-12-9-15(14-13-12)8-11-6-4-3-5-7-11/h3-7,9H,2,8,10H2,1H3. The zero-order valence-corrected chi connectivity index (χ0v) is 10.2. The summed E-state index contributed by atoms with van der Waals surface area (Å²) < 4.78 is 1.89. The molecule has 16 heavy (non-hydrogen) atoms. The molecule has 0 fully saturated rings. The molecular formula is C12H15N3S. The molecular weight excluding hydrogens is 218 g/mol. The number of aromatic nitrogens is 3. The van der Waals surface area contributed by atoms with Gasteiger partial charge >= 0.3 is 0 Å². The third-order valence-corrected chi connectivity index (χ3v) is 3.14. The van der Waals surface area contributed by atoms with Gasteiger partial charge in [-0.1, -0.05) is 42.5 Å². The van der Waals surface area contributed by atoms with Crippen LogP contribution in [0.2, 0.25) is 0 Å². The van der Waals surface area contributed by atoms with Gasteiger partial charge in [0.15, 0.2) is 0 Å². The molecule has 3 nitrogen and oxygen atoms in total. The maximum absolute atomic E-state index is 4.14. The second-order valence-electron chi connectivity index (χ2n) is 3.53. The van der Waals surface area contributed by atoms with Crippen LogP contribution in [0, 0.1) is 0 Å². The summed E-state index contributed by atoms with van der Waals surface area (Å²) in [5.74, 6) is 2.07. The molecule has 0 aliphatic carbocycles. The molecule has 0 spiro atoms. The smallest absolute Gasteiger partial charge is 0.0926 e. The minimum atomic E-state index is 0.796. The second-order valence-corrected chi connectivity index (χ2v) is 4.80.